The minimum absolute atomic E-state index is 0.702. The van der Waals surface area contributed by atoms with Gasteiger partial charge in [0.2, 0.25) is 0 Å². The number of nitrogens with zero attached hydrogens (tertiary/aromatic N) is 3. The van der Waals surface area contributed by atoms with Crippen molar-refractivity contribution in [1.29, 1.82) is 5.26 Å². The molecule has 0 atom stereocenters. The van der Waals surface area contributed by atoms with E-state index in [2.05, 4.69) is 22.5 Å². The molecule has 0 fully saturated rings. The van der Waals surface area contributed by atoms with E-state index in [0.717, 1.165) is 25.2 Å². The average molecular weight is 225 g/mol. The van der Waals surface area contributed by atoms with E-state index in [4.69, 9.17) is 5.26 Å². The standard InChI is InChI=1S/C14H15N3/c1-2-3-14-16-8-9-17(14)11-13-6-4-12(10-15)5-7-13/h4-9H,2-3,11H2,1H3. The van der Waals surface area contributed by atoms with Crippen molar-refractivity contribution in [2.24, 2.45) is 0 Å². The third kappa shape index (κ3) is 2.73. The van der Waals surface area contributed by atoms with Gasteiger partial charge in [-0.1, -0.05) is 19.1 Å². The Labute approximate surface area is 101 Å². The van der Waals surface area contributed by atoms with Crippen LogP contribution in [-0.2, 0) is 13.0 Å². The Morgan fingerprint density at radius 3 is 2.71 bits per heavy atom. The van der Waals surface area contributed by atoms with Gasteiger partial charge in [0, 0.05) is 25.4 Å². The van der Waals surface area contributed by atoms with Crippen LogP contribution in [0.3, 0.4) is 0 Å². The molecule has 0 bridgehead atoms. The van der Waals surface area contributed by atoms with E-state index in [-0.39, 0.29) is 0 Å². The topological polar surface area (TPSA) is 41.6 Å². The van der Waals surface area contributed by atoms with Gasteiger partial charge >= 0.3 is 0 Å². The molecule has 0 saturated heterocycles. The van der Waals surface area contributed by atoms with Gasteiger partial charge in [0.25, 0.3) is 0 Å². The van der Waals surface area contributed by atoms with Crippen LogP contribution in [0.15, 0.2) is 36.7 Å². The summed E-state index contributed by atoms with van der Waals surface area (Å²) in [5, 5.41) is 8.73. The summed E-state index contributed by atoms with van der Waals surface area (Å²) < 4.78 is 2.16. The second-order valence-corrected chi connectivity index (χ2v) is 4.03. The summed E-state index contributed by atoms with van der Waals surface area (Å²) in [6.07, 6.45) is 5.95. The SMILES string of the molecule is CCCc1nccn1Cc1ccc(C#N)cc1. The van der Waals surface area contributed by atoms with Crippen LogP contribution in [0.25, 0.3) is 0 Å². The van der Waals surface area contributed by atoms with E-state index < -0.39 is 0 Å². The zero-order chi connectivity index (χ0) is 12.1. The van der Waals surface area contributed by atoms with Crippen molar-refractivity contribution in [3.05, 3.63) is 53.6 Å². The number of aryl methyl sites for hydroxylation is 1. The Hall–Kier alpha value is -2.08. The van der Waals surface area contributed by atoms with E-state index >= 15 is 0 Å². The highest BCUT2D eigenvalue weighted by molar-refractivity contribution is 5.31. The molecule has 3 nitrogen and oxygen atoms in total. The predicted molar refractivity (Wildman–Crippen MR) is 66.5 cm³/mol. The van der Waals surface area contributed by atoms with E-state index in [1.807, 2.05) is 36.7 Å². The van der Waals surface area contributed by atoms with Crippen LogP contribution in [0.5, 0.6) is 0 Å². The minimum atomic E-state index is 0.702. The van der Waals surface area contributed by atoms with Gasteiger partial charge in [0.1, 0.15) is 5.82 Å². The number of aromatic nitrogens is 2. The lowest BCUT2D eigenvalue weighted by Crippen LogP contribution is -2.04. The number of rotatable bonds is 4. The molecule has 1 aromatic heterocycles. The molecule has 0 spiro atoms. The lowest BCUT2D eigenvalue weighted by molar-refractivity contribution is 0.705. The zero-order valence-electron chi connectivity index (χ0n) is 9.93. The molecule has 1 heterocycles. The first-order valence-electron chi connectivity index (χ1n) is 5.82. The second-order valence-electron chi connectivity index (χ2n) is 4.03. The van der Waals surface area contributed by atoms with Crippen molar-refractivity contribution in [1.82, 2.24) is 9.55 Å². The fourth-order valence-corrected chi connectivity index (χ4v) is 1.82. The second kappa shape index (κ2) is 5.31. The van der Waals surface area contributed by atoms with Gasteiger partial charge in [-0.05, 0) is 24.1 Å². The van der Waals surface area contributed by atoms with E-state index in [1.54, 1.807) is 0 Å². The Balaban J connectivity index is 2.14. The Kier molecular flexibility index (Phi) is 3.56. The first kappa shape index (κ1) is 11.4. The van der Waals surface area contributed by atoms with Gasteiger partial charge in [-0.25, -0.2) is 4.98 Å². The average Bonchev–Trinajstić information content (AvgIpc) is 2.78. The molecule has 0 radical (unpaired) electrons. The third-order valence-corrected chi connectivity index (χ3v) is 2.71. The van der Waals surface area contributed by atoms with Gasteiger partial charge in [-0.2, -0.15) is 5.26 Å². The number of imidazole rings is 1. The van der Waals surface area contributed by atoms with Gasteiger partial charge in [-0.15, -0.1) is 0 Å². The van der Waals surface area contributed by atoms with Crippen LogP contribution in [0.2, 0.25) is 0 Å². The molecule has 0 amide bonds. The maximum atomic E-state index is 8.73. The Morgan fingerprint density at radius 1 is 1.29 bits per heavy atom. The van der Waals surface area contributed by atoms with Gasteiger partial charge < -0.3 is 4.57 Å². The minimum Gasteiger partial charge on any atom is -0.331 e. The quantitative estimate of drug-likeness (QED) is 0.802. The van der Waals surface area contributed by atoms with Gasteiger partial charge in [0.05, 0.1) is 11.6 Å². The van der Waals surface area contributed by atoms with Crippen molar-refractivity contribution in [3.8, 4) is 6.07 Å². The van der Waals surface area contributed by atoms with Crippen molar-refractivity contribution in [3.63, 3.8) is 0 Å². The van der Waals surface area contributed by atoms with Crippen LogP contribution in [0.1, 0.15) is 30.3 Å². The van der Waals surface area contributed by atoms with Crippen LogP contribution in [0.4, 0.5) is 0 Å². The monoisotopic (exact) mass is 225 g/mol. The molecule has 17 heavy (non-hydrogen) atoms. The van der Waals surface area contributed by atoms with Crippen molar-refractivity contribution >= 4 is 0 Å². The molecule has 0 aliphatic rings. The highest BCUT2D eigenvalue weighted by Gasteiger charge is 2.02. The Bertz CT molecular complexity index is 517. The molecule has 3 heteroatoms. The summed E-state index contributed by atoms with van der Waals surface area (Å²) >= 11 is 0. The summed E-state index contributed by atoms with van der Waals surface area (Å²) in [5.74, 6) is 1.12. The molecule has 86 valence electrons. The molecule has 0 aliphatic heterocycles. The third-order valence-electron chi connectivity index (χ3n) is 2.71. The maximum Gasteiger partial charge on any atom is 0.108 e. The van der Waals surface area contributed by atoms with Crippen LogP contribution in [-0.4, -0.2) is 9.55 Å². The Morgan fingerprint density at radius 2 is 2.06 bits per heavy atom. The molecule has 0 N–H and O–H groups in total. The summed E-state index contributed by atoms with van der Waals surface area (Å²) in [6, 6.07) is 9.82. The first-order valence-corrected chi connectivity index (χ1v) is 5.82. The molecule has 0 saturated carbocycles. The number of benzene rings is 1. The molecule has 0 unspecified atom stereocenters. The molecule has 2 rings (SSSR count). The number of hydrogen-bond acceptors (Lipinski definition) is 2. The molecule has 2 aromatic rings. The normalized spacial score (nSPS) is 10.1. The summed E-state index contributed by atoms with van der Waals surface area (Å²) in [5.41, 5.74) is 1.90. The molecule has 0 aliphatic carbocycles. The van der Waals surface area contributed by atoms with Crippen molar-refractivity contribution < 1.29 is 0 Å². The fourth-order valence-electron chi connectivity index (χ4n) is 1.82. The highest BCUT2D eigenvalue weighted by atomic mass is 15.1. The highest BCUT2D eigenvalue weighted by Crippen LogP contribution is 2.08. The van der Waals surface area contributed by atoms with E-state index in [1.165, 1.54) is 5.56 Å². The van der Waals surface area contributed by atoms with Gasteiger partial charge in [-0.3, -0.25) is 0 Å². The van der Waals surface area contributed by atoms with Gasteiger partial charge in [0.15, 0.2) is 0 Å². The lowest BCUT2D eigenvalue weighted by atomic mass is 10.1. The molecular weight excluding hydrogens is 210 g/mol. The number of nitriles is 1. The molecule has 1 aromatic carbocycles. The van der Waals surface area contributed by atoms with Crippen LogP contribution < -0.4 is 0 Å². The zero-order valence-corrected chi connectivity index (χ0v) is 9.93. The summed E-state index contributed by atoms with van der Waals surface area (Å²) in [4.78, 5) is 4.35. The van der Waals surface area contributed by atoms with Crippen molar-refractivity contribution in [2.45, 2.75) is 26.3 Å². The van der Waals surface area contributed by atoms with Crippen LogP contribution in [0, 0.1) is 11.3 Å². The maximum absolute atomic E-state index is 8.73. The summed E-state index contributed by atoms with van der Waals surface area (Å²) in [6.45, 7) is 2.97. The van der Waals surface area contributed by atoms with E-state index in [9.17, 15) is 0 Å². The smallest absolute Gasteiger partial charge is 0.108 e. The lowest BCUT2D eigenvalue weighted by Gasteiger charge is -2.07. The van der Waals surface area contributed by atoms with Crippen LogP contribution >= 0.6 is 0 Å². The predicted octanol–water partition coefficient (Wildman–Crippen LogP) is 2.76. The first-order chi connectivity index (χ1) is 8.33. The fraction of sp³-hybridized carbons (Fsp3) is 0.286. The van der Waals surface area contributed by atoms with E-state index in [0.29, 0.717) is 5.56 Å². The largest absolute Gasteiger partial charge is 0.331 e. The molecular formula is C14H15N3. The van der Waals surface area contributed by atoms with Crippen molar-refractivity contribution in [2.75, 3.05) is 0 Å². The summed E-state index contributed by atoms with van der Waals surface area (Å²) in [7, 11) is 0. The number of hydrogen-bond donors (Lipinski definition) is 0.